The number of halogens is 2. The predicted molar refractivity (Wildman–Crippen MR) is 80.9 cm³/mol. The van der Waals surface area contributed by atoms with E-state index >= 15 is 0 Å². The molecule has 2 N–H and O–H groups in total. The molecule has 0 unspecified atom stereocenters. The number of rotatable bonds is 3. The fourth-order valence-corrected chi connectivity index (χ4v) is 5.47. The third-order valence-corrected chi connectivity index (χ3v) is 7.10. The second kappa shape index (κ2) is 5.41. The van der Waals surface area contributed by atoms with Crippen molar-refractivity contribution in [2.75, 3.05) is 18.8 Å². The van der Waals surface area contributed by atoms with E-state index in [4.69, 9.17) is 17.3 Å². The Labute approximate surface area is 129 Å². The van der Waals surface area contributed by atoms with E-state index in [0.29, 0.717) is 31.5 Å². The Morgan fingerprint density at radius 2 is 2.05 bits per heavy atom. The fourth-order valence-electron chi connectivity index (χ4n) is 3.08. The zero-order chi connectivity index (χ0) is 15.2. The van der Waals surface area contributed by atoms with Crippen LogP contribution in [0.5, 0.6) is 0 Å². The van der Waals surface area contributed by atoms with Gasteiger partial charge in [-0.05, 0) is 37.5 Å². The molecule has 0 radical (unpaired) electrons. The number of nitrogen functional groups attached to an aromatic ring is 1. The van der Waals surface area contributed by atoms with E-state index in [0.717, 1.165) is 6.54 Å². The van der Waals surface area contributed by atoms with Crippen molar-refractivity contribution in [2.45, 2.75) is 41.6 Å². The van der Waals surface area contributed by atoms with E-state index < -0.39 is 21.3 Å². The van der Waals surface area contributed by atoms with Gasteiger partial charge in [-0.3, -0.25) is 4.90 Å². The molecule has 1 atom stereocenters. The standard InChI is InChI=1S/C14H18ClFN2O2S/c15-13-2-1-10(17)5-14(13)21(19,20)12-6-11(7-12)18-4-3-9(16)8-18/h1-2,5,9,11-12H,3-4,6-8,17H2/t9-,11-,12-/m1/s1. The van der Waals surface area contributed by atoms with Gasteiger partial charge in [0.05, 0.1) is 15.2 Å². The summed E-state index contributed by atoms with van der Waals surface area (Å²) in [5, 5.41) is -0.238. The van der Waals surface area contributed by atoms with Gasteiger partial charge in [-0.15, -0.1) is 0 Å². The summed E-state index contributed by atoms with van der Waals surface area (Å²) in [4.78, 5) is 2.16. The van der Waals surface area contributed by atoms with Crippen LogP contribution in [0.3, 0.4) is 0 Å². The number of anilines is 1. The monoisotopic (exact) mass is 332 g/mol. The van der Waals surface area contributed by atoms with Crippen LogP contribution in [-0.2, 0) is 9.84 Å². The quantitative estimate of drug-likeness (QED) is 0.862. The smallest absolute Gasteiger partial charge is 0.182 e. The third-order valence-electron chi connectivity index (χ3n) is 4.45. The van der Waals surface area contributed by atoms with E-state index in [-0.39, 0.29) is 16.0 Å². The Bertz CT molecular complexity index is 646. The highest BCUT2D eigenvalue weighted by molar-refractivity contribution is 7.92. The SMILES string of the molecule is Nc1ccc(Cl)c(S(=O)(=O)[C@H]2C[C@H](N3CC[C@@H](F)C3)C2)c1. The summed E-state index contributed by atoms with van der Waals surface area (Å²) in [6.45, 7) is 1.15. The molecule has 1 aliphatic carbocycles. The van der Waals surface area contributed by atoms with Crippen LogP contribution < -0.4 is 5.73 Å². The van der Waals surface area contributed by atoms with Crippen molar-refractivity contribution in [3.8, 4) is 0 Å². The Morgan fingerprint density at radius 1 is 1.33 bits per heavy atom. The molecule has 0 aromatic heterocycles. The summed E-state index contributed by atoms with van der Waals surface area (Å²) >= 11 is 5.99. The molecule has 0 amide bonds. The van der Waals surface area contributed by atoms with Crippen molar-refractivity contribution < 1.29 is 12.8 Å². The summed E-state index contributed by atoms with van der Waals surface area (Å²) in [5.41, 5.74) is 6.04. The molecule has 1 aromatic rings. The van der Waals surface area contributed by atoms with Gasteiger partial charge in [0.1, 0.15) is 6.17 Å². The van der Waals surface area contributed by atoms with Crippen molar-refractivity contribution in [2.24, 2.45) is 0 Å². The Morgan fingerprint density at radius 3 is 2.67 bits per heavy atom. The van der Waals surface area contributed by atoms with Crippen LogP contribution in [0.4, 0.5) is 10.1 Å². The van der Waals surface area contributed by atoms with Crippen molar-refractivity contribution in [1.29, 1.82) is 0 Å². The molecule has 2 fully saturated rings. The van der Waals surface area contributed by atoms with E-state index in [1.54, 1.807) is 6.07 Å². The second-order valence-electron chi connectivity index (χ2n) is 5.86. The minimum Gasteiger partial charge on any atom is -0.399 e. The zero-order valence-electron chi connectivity index (χ0n) is 11.5. The van der Waals surface area contributed by atoms with Crippen LogP contribution in [-0.4, -0.2) is 43.9 Å². The molecule has 0 spiro atoms. The van der Waals surface area contributed by atoms with E-state index in [2.05, 4.69) is 4.90 Å². The molecule has 1 saturated carbocycles. The molecular formula is C14H18ClFN2O2S. The molecule has 1 saturated heterocycles. The Balaban J connectivity index is 1.72. The normalized spacial score (nSPS) is 30.3. The maximum atomic E-state index is 13.2. The minimum absolute atomic E-state index is 0.109. The van der Waals surface area contributed by atoms with E-state index in [1.807, 2.05) is 0 Å². The zero-order valence-corrected chi connectivity index (χ0v) is 13.1. The van der Waals surface area contributed by atoms with Gasteiger partial charge in [0.2, 0.25) is 0 Å². The molecule has 116 valence electrons. The summed E-state index contributed by atoms with van der Waals surface area (Å²) < 4.78 is 38.4. The maximum Gasteiger partial charge on any atom is 0.182 e. The number of alkyl halides is 1. The lowest BCUT2D eigenvalue weighted by Gasteiger charge is -2.40. The lowest BCUT2D eigenvalue weighted by atomic mass is 9.91. The number of nitrogens with zero attached hydrogens (tertiary/aromatic N) is 1. The lowest BCUT2D eigenvalue weighted by Crippen LogP contribution is -2.49. The van der Waals surface area contributed by atoms with Crippen molar-refractivity contribution in [3.05, 3.63) is 23.2 Å². The highest BCUT2D eigenvalue weighted by atomic mass is 35.5. The molecular weight excluding hydrogens is 315 g/mol. The first-order valence-electron chi connectivity index (χ1n) is 7.05. The summed E-state index contributed by atoms with van der Waals surface area (Å²) in [6, 6.07) is 4.67. The first-order valence-corrected chi connectivity index (χ1v) is 8.97. The van der Waals surface area contributed by atoms with Crippen molar-refractivity contribution in [1.82, 2.24) is 4.90 Å². The number of benzene rings is 1. The minimum atomic E-state index is -3.46. The van der Waals surface area contributed by atoms with Crippen LogP contribution >= 0.6 is 11.6 Å². The van der Waals surface area contributed by atoms with Crippen molar-refractivity contribution >= 4 is 27.1 Å². The number of nitrogens with two attached hydrogens (primary N) is 1. The number of hydrogen-bond donors (Lipinski definition) is 1. The van der Waals surface area contributed by atoms with Gasteiger partial charge < -0.3 is 5.73 Å². The van der Waals surface area contributed by atoms with Gasteiger partial charge >= 0.3 is 0 Å². The molecule has 3 rings (SSSR count). The summed E-state index contributed by atoms with van der Waals surface area (Å²) in [6.07, 6.45) is 0.860. The topological polar surface area (TPSA) is 63.4 Å². The van der Waals surface area contributed by atoms with Crippen LogP contribution in [0.2, 0.25) is 5.02 Å². The molecule has 1 aliphatic heterocycles. The Hall–Kier alpha value is -0.850. The molecule has 2 aliphatic rings. The summed E-state index contributed by atoms with van der Waals surface area (Å²) in [5.74, 6) is 0. The molecule has 1 aromatic carbocycles. The average Bonchev–Trinajstić information content (AvgIpc) is 2.76. The van der Waals surface area contributed by atoms with Gasteiger partial charge in [0.15, 0.2) is 9.84 Å². The maximum absolute atomic E-state index is 13.2. The molecule has 7 heteroatoms. The lowest BCUT2D eigenvalue weighted by molar-refractivity contribution is 0.150. The van der Waals surface area contributed by atoms with Gasteiger partial charge in [-0.1, -0.05) is 11.6 Å². The number of hydrogen-bond acceptors (Lipinski definition) is 4. The van der Waals surface area contributed by atoms with Gasteiger partial charge in [-0.2, -0.15) is 0 Å². The highest BCUT2D eigenvalue weighted by Crippen LogP contribution is 2.38. The first kappa shape index (κ1) is 15.1. The van der Waals surface area contributed by atoms with Crippen LogP contribution in [0.1, 0.15) is 19.3 Å². The Kier molecular flexibility index (Phi) is 3.88. The average molecular weight is 333 g/mol. The highest BCUT2D eigenvalue weighted by Gasteiger charge is 2.44. The van der Waals surface area contributed by atoms with Gasteiger partial charge in [-0.25, -0.2) is 12.8 Å². The molecule has 21 heavy (non-hydrogen) atoms. The molecule has 1 heterocycles. The van der Waals surface area contributed by atoms with E-state index in [1.165, 1.54) is 12.1 Å². The number of sulfone groups is 1. The van der Waals surface area contributed by atoms with Crippen LogP contribution in [0.15, 0.2) is 23.1 Å². The van der Waals surface area contributed by atoms with Crippen LogP contribution in [0, 0.1) is 0 Å². The summed E-state index contributed by atoms with van der Waals surface area (Å²) in [7, 11) is -3.46. The predicted octanol–water partition coefficient (Wildman–Crippen LogP) is 2.27. The van der Waals surface area contributed by atoms with Crippen LogP contribution in [0.25, 0.3) is 0 Å². The van der Waals surface area contributed by atoms with E-state index in [9.17, 15) is 12.8 Å². The fraction of sp³-hybridized carbons (Fsp3) is 0.571. The second-order valence-corrected chi connectivity index (χ2v) is 8.47. The van der Waals surface area contributed by atoms with Gasteiger partial charge in [0.25, 0.3) is 0 Å². The number of likely N-dealkylation sites (tertiary alicyclic amines) is 1. The first-order chi connectivity index (χ1) is 9.88. The molecule has 0 bridgehead atoms. The largest absolute Gasteiger partial charge is 0.399 e. The van der Waals surface area contributed by atoms with Gasteiger partial charge in [0, 0.05) is 24.8 Å². The third kappa shape index (κ3) is 2.76. The van der Waals surface area contributed by atoms with Crippen molar-refractivity contribution in [3.63, 3.8) is 0 Å². The molecule has 4 nitrogen and oxygen atoms in total.